The number of nitrogens with two attached hydrogens (primary N) is 1. The van der Waals surface area contributed by atoms with Crippen molar-refractivity contribution in [2.24, 2.45) is 11.7 Å². The minimum atomic E-state index is -1.99. The van der Waals surface area contributed by atoms with E-state index in [2.05, 4.69) is 56.0 Å². The molecular formula is C22H36N4O4Si. The number of primary amides is 1. The Morgan fingerprint density at radius 3 is 2.58 bits per heavy atom. The maximum Gasteiger partial charge on any atom is 0.404 e. The molecule has 0 bridgehead atoms. The smallest absolute Gasteiger partial charge is 0.404 e. The summed E-state index contributed by atoms with van der Waals surface area (Å²) in [5, 5.41) is 11.9. The highest BCUT2D eigenvalue weighted by atomic mass is 28.4. The molecule has 4 N–H and O–H groups in total. The van der Waals surface area contributed by atoms with Gasteiger partial charge in [-0.2, -0.15) is 0 Å². The monoisotopic (exact) mass is 448 g/mol. The highest BCUT2D eigenvalue weighted by Gasteiger charge is 2.42. The number of carboxylic acid groups (broad SMARTS) is 1. The molecule has 0 spiro atoms. The number of pyridine rings is 1. The third-order valence-corrected chi connectivity index (χ3v) is 11.4. The standard InChI is InChI=1S/C22H36N4O4Si/c1-13-9-14(25-21(28)29)12-26(11-13)19-15-7-8-17(30-31(5,6)22(2,3)4)18(15)24-10-16(19)20(23)27/h10,13-14,17,25H,7-9,11-12H2,1-6H3,(H2,23,27)(H,28,29)/t13-,14+,17?/m1/s1. The van der Waals surface area contributed by atoms with Gasteiger partial charge in [0.25, 0.3) is 5.91 Å². The van der Waals surface area contributed by atoms with Crippen LogP contribution in [-0.4, -0.2) is 49.5 Å². The number of amides is 2. The average Bonchev–Trinajstić information content (AvgIpc) is 3.01. The second-order valence-corrected chi connectivity index (χ2v) is 15.3. The van der Waals surface area contributed by atoms with Gasteiger partial charge in [-0.05, 0) is 43.3 Å². The summed E-state index contributed by atoms with van der Waals surface area (Å²) in [5.74, 6) is -0.240. The van der Waals surface area contributed by atoms with Gasteiger partial charge < -0.3 is 25.5 Å². The Labute approximate surface area is 185 Å². The quantitative estimate of drug-likeness (QED) is 0.592. The molecule has 2 aliphatic rings. The third kappa shape index (κ3) is 4.87. The molecule has 172 valence electrons. The van der Waals surface area contributed by atoms with E-state index in [1.165, 1.54) is 0 Å². The molecule has 1 fully saturated rings. The van der Waals surface area contributed by atoms with E-state index in [1.54, 1.807) is 6.20 Å². The topological polar surface area (TPSA) is 118 Å². The first-order valence-electron chi connectivity index (χ1n) is 11.0. The molecule has 8 nitrogen and oxygen atoms in total. The van der Waals surface area contributed by atoms with Crippen molar-refractivity contribution in [1.82, 2.24) is 10.3 Å². The molecule has 1 aromatic heterocycles. The number of hydrogen-bond donors (Lipinski definition) is 3. The van der Waals surface area contributed by atoms with Crippen LogP contribution >= 0.6 is 0 Å². The van der Waals surface area contributed by atoms with Gasteiger partial charge in [0.2, 0.25) is 0 Å². The van der Waals surface area contributed by atoms with Gasteiger partial charge in [0.05, 0.1) is 23.0 Å². The molecule has 1 unspecified atom stereocenters. The minimum absolute atomic E-state index is 0.0871. The summed E-state index contributed by atoms with van der Waals surface area (Å²) in [6.45, 7) is 14.5. The highest BCUT2D eigenvalue weighted by molar-refractivity contribution is 6.74. The Hall–Kier alpha value is -2.13. The third-order valence-electron chi connectivity index (χ3n) is 6.96. The zero-order valence-corrected chi connectivity index (χ0v) is 20.5. The molecule has 31 heavy (non-hydrogen) atoms. The molecule has 1 aliphatic heterocycles. The fourth-order valence-corrected chi connectivity index (χ4v) is 5.79. The van der Waals surface area contributed by atoms with E-state index in [1.807, 2.05) is 0 Å². The summed E-state index contributed by atoms with van der Waals surface area (Å²) < 4.78 is 6.68. The molecule has 1 aromatic rings. The largest absolute Gasteiger partial charge is 0.465 e. The minimum Gasteiger partial charge on any atom is -0.465 e. The number of piperidine rings is 1. The van der Waals surface area contributed by atoms with Crippen molar-refractivity contribution in [2.75, 3.05) is 18.0 Å². The summed E-state index contributed by atoms with van der Waals surface area (Å²) in [6, 6.07) is -0.202. The Morgan fingerprint density at radius 2 is 2.00 bits per heavy atom. The van der Waals surface area contributed by atoms with Gasteiger partial charge in [-0.15, -0.1) is 0 Å². The molecule has 1 aliphatic carbocycles. The fraction of sp³-hybridized carbons (Fsp3) is 0.682. The molecule has 3 rings (SSSR count). The first-order chi connectivity index (χ1) is 14.3. The van der Waals surface area contributed by atoms with Gasteiger partial charge in [-0.25, -0.2) is 4.79 Å². The first kappa shape index (κ1) is 23.5. The summed E-state index contributed by atoms with van der Waals surface area (Å²) in [7, 11) is -1.99. The summed E-state index contributed by atoms with van der Waals surface area (Å²) >= 11 is 0. The lowest BCUT2D eigenvalue weighted by Gasteiger charge is -2.40. The molecular weight excluding hydrogens is 412 g/mol. The number of aromatic nitrogens is 1. The summed E-state index contributed by atoms with van der Waals surface area (Å²) in [6.07, 6.45) is 2.80. The van der Waals surface area contributed by atoms with Crippen LogP contribution in [-0.2, 0) is 10.8 Å². The Kier molecular flexibility index (Phi) is 6.39. The molecule has 2 amide bonds. The predicted molar refractivity (Wildman–Crippen MR) is 123 cm³/mol. The molecule has 9 heteroatoms. The number of hydrogen-bond acceptors (Lipinski definition) is 5. The van der Waals surface area contributed by atoms with Crippen molar-refractivity contribution < 1.29 is 19.1 Å². The van der Waals surface area contributed by atoms with E-state index < -0.39 is 20.3 Å². The van der Waals surface area contributed by atoms with Crippen molar-refractivity contribution in [2.45, 2.75) is 77.2 Å². The van der Waals surface area contributed by atoms with Crippen LogP contribution in [0.5, 0.6) is 0 Å². The van der Waals surface area contributed by atoms with Gasteiger partial charge in [-0.3, -0.25) is 9.78 Å². The summed E-state index contributed by atoms with van der Waals surface area (Å²) in [4.78, 5) is 30.2. The van der Waals surface area contributed by atoms with Crippen LogP contribution < -0.4 is 16.0 Å². The number of fused-ring (bicyclic) bond motifs is 1. The van der Waals surface area contributed by atoms with Crippen LogP contribution in [0.3, 0.4) is 0 Å². The number of anilines is 1. The van der Waals surface area contributed by atoms with Crippen molar-refractivity contribution in [3.05, 3.63) is 23.0 Å². The van der Waals surface area contributed by atoms with Crippen molar-refractivity contribution in [1.29, 1.82) is 0 Å². The number of nitrogens with zero attached hydrogens (tertiary/aromatic N) is 2. The van der Waals surface area contributed by atoms with Gasteiger partial charge in [0, 0.05) is 30.9 Å². The van der Waals surface area contributed by atoms with E-state index >= 15 is 0 Å². The lowest BCUT2D eigenvalue weighted by molar-refractivity contribution is 0.0999. The Morgan fingerprint density at radius 1 is 1.32 bits per heavy atom. The van der Waals surface area contributed by atoms with Crippen molar-refractivity contribution in [3.8, 4) is 0 Å². The zero-order valence-electron chi connectivity index (χ0n) is 19.5. The fourth-order valence-electron chi connectivity index (χ4n) is 4.50. The molecule has 2 heterocycles. The van der Waals surface area contributed by atoms with Crippen LogP contribution in [0.2, 0.25) is 18.1 Å². The highest BCUT2D eigenvalue weighted by Crippen LogP contribution is 2.45. The normalized spacial score (nSPS) is 24.1. The van der Waals surface area contributed by atoms with Gasteiger partial charge >= 0.3 is 6.09 Å². The maximum absolute atomic E-state index is 12.3. The SMILES string of the molecule is C[C@@H]1C[C@H](NC(=O)O)CN(c2c(C(N)=O)cnc3c2CCC3O[Si](C)(C)C(C)(C)C)C1. The molecule has 3 atom stereocenters. The molecule has 0 aromatic carbocycles. The second-order valence-electron chi connectivity index (χ2n) is 10.5. The van der Waals surface area contributed by atoms with Crippen LogP contribution in [0, 0.1) is 5.92 Å². The van der Waals surface area contributed by atoms with Crippen LogP contribution in [0.4, 0.5) is 10.5 Å². The maximum atomic E-state index is 12.3. The molecule has 0 radical (unpaired) electrons. The van der Waals surface area contributed by atoms with E-state index in [0.29, 0.717) is 12.1 Å². The second kappa shape index (κ2) is 8.42. The average molecular weight is 449 g/mol. The molecule has 0 saturated carbocycles. The van der Waals surface area contributed by atoms with Gasteiger partial charge in [-0.1, -0.05) is 27.7 Å². The Balaban J connectivity index is 1.99. The van der Waals surface area contributed by atoms with Crippen LogP contribution in [0.1, 0.15) is 68.3 Å². The van der Waals surface area contributed by atoms with Crippen LogP contribution in [0.15, 0.2) is 6.20 Å². The van der Waals surface area contributed by atoms with Crippen molar-refractivity contribution >= 4 is 26.0 Å². The Bertz CT molecular complexity index is 868. The van der Waals surface area contributed by atoms with Crippen LogP contribution in [0.25, 0.3) is 0 Å². The van der Waals surface area contributed by atoms with E-state index in [9.17, 15) is 14.7 Å². The van der Waals surface area contributed by atoms with E-state index in [4.69, 9.17) is 10.2 Å². The van der Waals surface area contributed by atoms with Gasteiger partial charge in [0.15, 0.2) is 8.32 Å². The number of rotatable bonds is 5. The van der Waals surface area contributed by atoms with E-state index in [0.717, 1.165) is 42.8 Å². The van der Waals surface area contributed by atoms with Gasteiger partial charge in [0.1, 0.15) is 0 Å². The van der Waals surface area contributed by atoms with E-state index in [-0.39, 0.29) is 23.1 Å². The lowest BCUT2D eigenvalue weighted by atomic mass is 9.94. The number of carbonyl (C=O) groups excluding carboxylic acids is 1. The predicted octanol–water partition coefficient (Wildman–Crippen LogP) is 3.67. The van der Waals surface area contributed by atoms with Crippen molar-refractivity contribution in [3.63, 3.8) is 0 Å². The molecule has 1 saturated heterocycles. The number of carbonyl (C=O) groups is 2. The summed E-state index contributed by atoms with van der Waals surface area (Å²) in [5.41, 5.74) is 8.84. The first-order valence-corrected chi connectivity index (χ1v) is 13.9. The number of nitrogens with one attached hydrogen (secondary N) is 1. The lowest BCUT2D eigenvalue weighted by Crippen LogP contribution is -2.50. The zero-order chi connectivity index (χ0) is 23.1.